The highest BCUT2D eigenvalue weighted by Gasteiger charge is 2.45. The first-order valence-electron chi connectivity index (χ1n) is 9.79. The number of alkyl halides is 3. The zero-order valence-corrected chi connectivity index (χ0v) is 17.2. The van der Waals surface area contributed by atoms with Gasteiger partial charge in [0.05, 0.1) is 30.5 Å². The minimum Gasteiger partial charge on any atom is -0.464 e. The van der Waals surface area contributed by atoms with E-state index in [9.17, 15) is 22.8 Å². The number of fused-ring (bicyclic) bond motifs is 3. The number of unbranched alkanes of at least 4 members (excludes halogenated alkanes) is 1. The maximum Gasteiger partial charge on any atom is 0.419 e. The molecule has 0 saturated carbocycles. The lowest BCUT2D eigenvalue weighted by Gasteiger charge is -2.14. The van der Waals surface area contributed by atoms with Crippen molar-refractivity contribution in [1.29, 1.82) is 0 Å². The van der Waals surface area contributed by atoms with Crippen LogP contribution in [0.5, 0.6) is 0 Å². The first kappa shape index (κ1) is 22.6. The molecule has 0 aliphatic heterocycles. The molecule has 0 unspecified atom stereocenters. The lowest BCUT2D eigenvalue weighted by Crippen LogP contribution is -2.18. The van der Waals surface area contributed by atoms with Crippen LogP contribution in [-0.4, -0.2) is 30.1 Å². The Morgan fingerprint density at radius 3 is 2.26 bits per heavy atom. The van der Waals surface area contributed by atoms with Gasteiger partial charge in [-0.15, -0.1) is 0 Å². The van der Waals surface area contributed by atoms with Gasteiger partial charge in [-0.3, -0.25) is 0 Å². The number of hydrogen-bond acceptors (Lipinski definition) is 4. The number of carbonyl (C=O) groups is 2. The Balaban J connectivity index is 2.69. The molecule has 31 heavy (non-hydrogen) atoms. The number of rotatable bonds is 6. The largest absolute Gasteiger partial charge is 0.464 e. The van der Waals surface area contributed by atoms with Crippen molar-refractivity contribution in [2.24, 2.45) is 0 Å². The molecule has 0 aliphatic rings. The third-order valence-electron chi connectivity index (χ3n) is 5.02. The molecule has 0 fully saturated rings. The van der Waals surface area contributed by atoms with Crippen LogP contribution in [0.2, 0.25) is 0 Å². The normalized spacial score (nSPS) is 11.8. The van der Waals surface area contributed by atoms with Crippen molar-refractivity contribution >= 4 is 28.2 Å². The van der Waals surface area contributed by atoms with Crippen molar-refractivity contribution in [1.82, 2.24) is 4.40 Å². The van der Waals surface area contributed by atoms with Gasteiger partial charge in [-0.25, -0.2) is 14.0 Å². The standard InChI is InChI=1S/C22H21F4NO4/c1-4-6-11-14-17(23)12-9-7-8-10-13(12)18-15(20(28)31-5-2)16(22(24,25)26)19(27(14)18)21(29)30-3/h7-10H,4-6,11H2,1-3H3. The lowest BCUT2D eigenvalue weighted by molar-refractivity contribution is -0.138. The molecule has 0 radical (unpaired) electrons. The maximum absolute atomic E-state index is 15.5. The van der Waals surface area contributed by atoms with E-state index >= 15 is 4.39 Å². The van der Waals surface area contributed by atoms with E-state index in [2.05, 4.69) is 4.74 Å². The lowest BCUT2D eigenvalue weighted by atomic mass is 10.0. The molecule has 0 spiro atoms. The van der Waals surface area contributed by atoms with Gasteiger partial charge in [-0.2, -0.15) is 13.2 Å². The molecule has 0 atom stereocenters. The topological polar surface area (TPSA) is 57.0 Å². The summed E-state index contributed by atoms with van der Waals surface area (Å²) in [4.78, 5) is 25.3. The molecule has 0 amide bonds. The SMILES string of the molecule is CCCCc1c(F)c2ccccc2c2c(C(=O)OCC)c(C(F)(F)F)c(C(=O)OC)n12. The van der Waals surface area contributed by atoms with Crippen LogP contribution in [0.4, 0.5) is 17.6 Å². The number of halogens is 4. The van der Waals surface area contributed by atoms with Gasteiger partial charge in [-0.05, 0) is 19.8 Å². The highest BCUT2D eigenvalue weighted by molar-refractivity contribution is 6.12. The van der Waals surface area contributed by atoms with Crippen LogP contribution in [0.1, 0.15) is 58.8 Å². The Hall–Kier alpha value is -3.10. The Labute approximate surface area is 175 Å². The van der Waals surface area contributed by atoms with Crippen LogP contribution >= 0.6 is 0 Å². The molecule has 3 aromatic rings. The monoisotopic (exact) mass is 439 g/mol. The summed E-state index contributed by atoms with van der Waals surface area (Å²) in [5, 5.41) is 0.109. The first-order chi connectivity index (χ1) is 14.7. The molecule has 5 nitrogen and oxygen atoms in total. The van der Waals surface area contributed by atoms with Crippen LogP contribution in [0.3, 0.4) is 0 Å². The molecular weight excluding hydrogens is 418 g/mol. The number of aryl methyl sites for hydroxylation is 1. The second kappa shape index (κ2) is 8.56. The van der Waals surface area contributed by atoms with Gasteiger partial charge < -0.3 is 13.9 Å². The number of nitrogens with zero attached hydrogens (tertiary/aromatic N) is 1. The van der Waals surface area contributed by atoms with Crippen molar-refractivity contribution < 1.29 is 36.6 Å². The summed E-state index contributed by atoms with van der Waals surface area (Å²) in [6.07, 6.45) is -3.95. The van der Waals surface area contributed by atoms with Crippen molar-refractivity contribution in [2.45, 2.75) is 39.3 Å². The number of methoxy groups -OCH3 is 1. The van der Waals surface area contributed by atoms with E-state index in [0.717, 1.165) is 11.5 Å². The number of aromatic nitrogens is 1. The molecule has 166 valence electrons. The fraction of sp³-hybridized carbons (Fsp3) is 0.364. The zero-order chi connectivity index (χ0) is 22.9. The molecule has 9 heteroatoms. The summed E-state index contributed by atoms with van der Waals surface area (Å²) in [5.74, 6) is -3.33. The van der Waals surface area contributed by atoms with Crippen molar-refractivity contribution in [3.63, 3.8) is 0 Å². The third kappa shape index (κ3) is 3.73. The van der Waals surface area contributed by atoms with E-state index in [1.807, 2.05) is 6.92 Å². The van der Waals surface area contributed by atoms with E-state index in [4.69, 9.17) is 4.74 Å². The fourth-order valence-corrected chi connectivity index (χ4v) is 3.77. The quantitative estimate of drug-likeness (QED) is 0.373. The van der Waals surface area contributed by atoms with E-state index in [1.165, 1.54) is 25.1 Å². The molecule has 2 heterocycles. The first-order valence-corrected chi connectivity index (χ1v) is 9.79. The second-order valence-electron chi connectivity index (χ2n) is 6.90. The van der Waals surface area contributed by atoms with Gasteiger partial charge in [0, 0.05) is 10.8 Å². The molecule has 3 rings (SSSR count). The van der Waals surface area contributed by atoms with Gasteiger partial charge in [0.25, 0.3) is 0 Å². The van der Waals surface area contributed by atoms with Crippen molar-refractivity contribution in [2.75, 3.05) is 13.7 Å². The van der Waals surface area contributed by atoms with Gasteiger partial charge in [0.15, 0.2) is 5.82 Å². The number of carbonyl (C=O) groups excluding carboxylic acids is 2. The number of esters is 2. The molecule has 1 aromatic carbocycles. The smallest absolute Gasteiger partial charge is 0.419 e. The van der Waals surface area contributed by atoms with Gasteiger partial charge in [-0.1, -0.05) is 37.6 Å². The predicted octanol–water partition coefficient (Wildman–Crippen LogP) is 5.56. The van der Waals surface area contributed by atoms with E-state index < -0.39 is 40.8 Å². The molecule has 2 aromatic heterocycles. The number of pyridine rings is 1. The van der Waals surface area contributed by atoms with Crippen LogP contribution in [0.25, 0.3) is 16.3 Å². The minimum atomic E-state index is -5.10. The highest BCUT2D eigenvalue weighted by atomic mass is 19.4. The number of hydrogen-bond donors (Lipinski definition) is 0. The average molecular weight is 439 g/mol. The summed E-state index contributed by atoms with van der Waals surface area (Å²) in [6.45, 7) is 3.12. The number of ether oxygens (including phenoxy) is 2. The number of benzene rings is 1. The third-order valence-corrected chi connectivity index (χ3v) is 5.02. The minimum absolute atomic E-state index is 0.0503. The van der Waals surface area contributed by atoms with Crippen LogP contribution in [0.15, 0.2) is 24.3 Å². The molecular formula is C22H21F4NO4. The Morgan fingerprint density at radius 1 is 1.06 bits per heavy atom. The zero-order valence-electron chi connectivity index (χ0n) is 17.2. The van der Waals surface area contributed by atoms with Crippen molar-refractivity contribution in [3.8, 4) is 0 Å². The molecule has 0 saturated heterocycles. The van der Waals surface area contributed by atoms with E-state index in [1.54, 1.807) is 6.07 Å². The molecule has 0 aliphatic carbocycles. The van der Waals surface area contributed by atoms with E-state index in [-0.39, 0.29) is 35.0 Å². The molecule has 0 bridgehead atoms. The van der Waals surface area contributed by atoms with Crippen molar-refractivity contribution in [3.05, 3.63) is 52.6 Å². The Kier molecular flexibility index (Phi) is 6.24. The van der Waals surface area contributed by atoms with Crippen LogP contribution in [0, 0.1) is 5.82 Å². The summed E-state index contributed by atoms with van der Waals surface area (Å²) < 4.78 is 68.5. The van der Waals surface area contributed by atoms with Gasteiger partial charge >= 0.3 is 18.1 Å². The predicted molar refractivity (Wildman–Crippen MR) is 106 cm³/mol. The summed E-state index contributed by atoms with van der Waals surface area (Å²) in [6, 6.07) is 5.89. The summed E-state index contributed by atoms with van der Waals surface area (Å²) in [5.41, 5.74) is -3.62. The molecule has 0 N–H and O–H groups in total. The second-order valence-corrected chi connectivity index (χ2v) is 6.90. The van der Waals surface area contributed by atoms with Gasteiger partial charge in [0.2, 0.25) is 0 Å². The van der Waals surface area contributed by atoms with Gasteiger partial charge in [0.1, 0.15) is 11.3 Å². The van der Waals surface area contributed by atoms with Crippen LogP contribution < -0.4 is 0 Å². The maximum atomic E-state index is 15.5. The summed E-state index contributed by atoms with van der Waals surface area (Å²) >= 11 is 0. The average Bonchev–Trinajstić information content (AvgIpc) is 3.10. The summed E-state index contributed by atoms with van der Waals surface area (Å²) in [7, 11) is 0.926. The Morgan fingerprint density at radius 2 is 1.71 bits per heavy atom. The highest BCUT2D eigenvalue weighted by Crippen LogP contribution is 2.42. The Bertz CT molecular complexity index is 1160. The van der Waals surface area contributed by atoms with Crippen LogP contribution in [-0.2, 0) is 22.1 Å². The van der Waals surface area contributed by atoms with E-state index in [0.29, 0.717) is 12.8 Å². The fourth-order valence-electron chi connectivity index (χ4n) is 3.77.